The first kappa shape index (κ1) is 17.7. The van der Waals surface area contributed by atoms with Gasteiger partial charge in [-0.3, -0.25) is 0 Å². The van der Waals surface area contributed by atoms with E-state index in [4.69, 9.17) is 4.74 Å². The van der Waals surface area contributed by atoms with Crippen LogP contribution in [0.3, 0.4) is 0 Å². The smallest absolute Gasteiger partial charge is 0.126 e. The van der Waals surface area contributed by atoms with E-state index in [0.717, 1.165) is 10.4 Å². The van der Waals surface area contributed by atoms with E-state index in [1.165, 1.54) is 16.2 Å². The molecule has 4 atom stereocenters. The highest BCUT2D eigenvalue weighted by atomic mass is 32.1. The van der Waals surface area contributed by atoms with E-state index in [2.05, 4.69) is 18.2 Å². The Morgan fingerprint density at radius 3 is 2.77 bits per heavy atom. The Bertz CT molecular complexity index is 886. The summed E-state index contributed by atoms with van der Waals surface area (Å²) in [4.78, 5) is 1.15. The van der Waals surface area contributed by atoms with E-state index in [9.17, 15) is 9.50 Å². The summed E-state index contributed by atoms with van der Waals surface area (Å²) in [5.41, 5.74) is 1.62. The fourth-order valence-electron chi connectivity index (χ4n) is 3.79. The van der Waals surface area contributed by atoms with Crippen LogP contribution in [-0.4, -0.2) is 17.3 Å². The highest BCUT2D eigenvalue weighted by Gasteiger charge is 2.34. The van der Waals surface area contributed by atoms with Gasteiger partial charge in [0.2, 0.25) is 0 Å². The third-order valence-corrected chi connectivity index (χ3v) is 6.39. The van der Waals surface area contributed by atoms with Crippen molar-refractivity contribution in [3.8, 4) is 0 Å². The number of fused-ring (bicyclic) bond motifs is 1. The van der Waals surface area contributed by atoms with Crippen molar-refractivity contribution in [2.45, 2.75) is 45.0 Å². The van der Waals surface area contributed by atoms with Crippen LogP contribution >= 0.6 is 11.3 Å². The predicted octanol–water partition coefficient (Wildman–Crippen LogP) is 5.48. The van der Waals surface area contributed by atoms with Gasteiger partial charge < -0.3 is 9.84 Å². The van der Waals surface area contributed by atoms with Crippen molar-refractivity contribution in [1.29, 1.82) is 0 Å². The molecule has 1 aromatic heterocycles. The molecule has 1 N–H and O–H groups in total. The van der Waals surface area contributed by atoms with Gasteiger partial charge in [0.05, 0.1) is 18.3 Å². The molecule has 136 valence electrons. The lowest BCUT2D eigenvalue weighted by Gasteiger charge is -2.37. The fraction of sp³-hybridized carbons (Fsp3) is 0.364. The fourth-order valence-corrected chi connectivity index (χ4v) is 4.87. The van der Waals surface area contributed by atoms with Gasteiger partial charge in [-0.1, -0.05) is 31.2 Å². The number of thiophene rings is 1. The Balaban J connectivity index is 1.63. The molecule has 0 amide bonds. The minimum atomic E-state index is -0.389. The highest BCUT2D eigenvalue weighted by Crippen LogP contribution is 2.37. The maximum Gasteiger partial charge on any atom is 0.126 e. The minimum absolute atomic E-state index is 0.00213. The largest absolute Gasteiger partial charge is 0.393 e. The van der Waals surface area contributed by atoms with Crippen molar-refractivity contribution in [2.24, 2.45) is 5.92 Å². The lowest BCUT2D eigenvalue weighted by Crippen LogP contribution is -2.36. The predicted molar refractivity (Wildman–Crippen MR) is 104 cm³/mol. The third-order valence-electron chi connectivity index (χ3n) is 5.28. The molecule has 1 aliphatic heterocycles. The topological polar surface area (TPSA) is 29.5 Å². The van der Waals surface area contributed by atoms with E-state index in [1.54, 1.807) is 17.4 Å². The molecule has 4 heteroatoms. The van der Waals surface area contributed by atoms with Crippen LogP contribution in [-0.2, 0) is 11.2 Å². The lowest BCUT2D eigenvalue weighted by atomic mass is 9.86. The van der Waals surface area contributed by atoms with Crippen LogP contribution in [0.1, 0.15) is 42.4 Å². The van der Waals surface area contributed by atoms with Gasteiger partial charge in [0.1, 0.15) is 5.82 Å². The molecule has 0 saturated carbocycles. The molecule has 0 spiro atoms. The van der Waals surface area contributed by atoms with Gasteiger partial charge >= 0.3 is 0 Å². The van der Waals surface area contributed by atoms with Crippen molar-refractivity contribution < 1.29 is 14.2 Å². The average molecular weight is 370 g/mol. The normalized spacial score (nSPS) is 26.3. The average Bonchev–Trinajstić information content (AvgIpc) is 3.02. The van der Waals surface area contributed by atoms with Crippen molar-refractivity contribution in [1.82, 2.24) is 0 Å². The monoisotopic (exact) mass is 370 g/mol. The maximum atomic E-state index is 14.4. The van der Waals surface area contributed by atoms with E-state index in [-0.39, 0.29) is 30.0 Å². The lowest BCUT2D eigenvalue weighted by molar-refractivity contribution is -0.126. The maximum absolute atomic E-state index is 14.4. The second-order valence-electron chi connectivity index (χ2n) is 7.31. The Morgan fingerprint density at radius 2 is 1.96 bits per heavy atom. The quantitative estimate of drug-likeness (QED) is 0.662. The number of aliphatic hydroxyl groups is 1. The Hall–Kier alpha value is -1.75. The van der Waals surface area contributed by atoms with Gasteiger partial charge in [-0.15, -0.1) is 11.3 Å². The SMILES string of the molecule is CC1CC(O)C(C)C(c2ccc(F)c(Cc3cc4ccccc4s3)c2)O1. The van der Waals surface area contributed by atoms with Crippen LogP contribution in [0.15, 0.2) is 48.5 Å². The molecule has 2 heterocycles. The number of ether oxygens (including phenoxy) is 1. The number of benzene rings is 2. The zero-order valence-corrected chi connectivity index (χ0v) is 15.8. The van der Waals surface area contributed by atoms with Gasteiger partial charge in [-0.2, -0.15) is 0 Å². The van der Waals surface area contributed by atoms with Gasteiger partial charge in [0.15, 0.2) is 0 Å². The van der Waals surface area contributed by atoms with Gasteiger partial charge in [0.25, 0.3) is 0 Å². The van der Waals surface area contributed by atoms with E-state index in [0.29, 0.717) is 18.4 Å². The first-order valence-corrected chi connectivity index (χ1v) is 9.92. The first-order valence-electron chi connectivity index (χ1n) is 9.10. The molecule has 26 heavy (non-hydrogen) atoms. The summed E-state index contributed by atoms with van der Waals surface area (Å²) < 4.78 is 21.7. The van der Waals surface area contributed by atoms with Crippen LogP contribution in [0.2, 0.25) is 0 Å². The second-order valence-corrected chi connectivity index (χ2v) is 8.48. The van der Waals surface area contributed by atoms with Crippen LogP contribution < -0.4 is 0 Å². The summed E-state index contributed by atoms with van der Waals surface area (Å²) in [6.45, 7) is 3.97. The van der Waals surface area contributed by atoms with Gasteiger partial charge in [-0.05, 0) is 54.1 Å². The summed E-state index contributed by atoms with van der Waals surface area (Å²) in [5, 5.41) is 11.5. The minimum Gasteiger partial charge on any atom is -0.393 e. The Morgan fingerprint density at radius 1 is 1.15 bits per heavy atom. The molecule has 1 saturated heterocycles. The molecule has 0 aliphatic carbocycles. The summed E-state index contributed by atoms with van der Waals surface area (Å²) in [6.07, 6.45) is 0.629. The number of halogens is 1. The molecule has 4 unspecified atom stereocenters. The van der Waals surface area contributed by atoms with E-state index < -0.39 is 0 Å². The number of hydrogen-bond donors (Lipinski definition) is 1. The number of aliphatic hydroxyl groups excluding tert-OH is 1. The molecule has 0 radical (unpaired) electrons. The molecule has 2 nitrogen and oxygen atoms in total. The van der Waals surface area contributed by atoms with Crippen LogP contribution in [0.5, 0.6) is 0 Å². The summed E-state index contributed by atoms with van der Waals surface area (Å²) in [5.74, 6) is -0.197. The molecular weight excluding hydrogens is 347 g/mol. The number of rotatable bonds is 3. The van der Waals surface area contributed by atoms with E-state index >= 15 is 0 Å². The van der Waals surface area contributed by atoms with Crippen molar-refractivity contribution >= 4 is 21.4 Å². The number of hydrogen-bond acceptors (Lipinski definition) is 3. The van der Waals surface area contributed by atoms with Gasteiger partial charge in [0, 0.05) is 21.9 Å². The van der Waals surface area contributed by atoms with Crippen molar-refractivity contribution in [3.05, 3.63) is 70.4 Å². The molecule has 0 bridgehead atoms. The Labute approximate surface area is 157 Å². The summed E-state index contributed by atoms with van der Waals surface area (Å²) >= 11 is 1.71. The zero-order chi connectivity index (χ0) is 18.3. The standard InChI is InChI=1S/C22H23FO2S/c1-13-9-20(24)14(2)22(25-13)16-7-8-19(23)17(10-16)12-18-11-15-5-3-4-6-21(15)26-18/h3-8,10-11,13-14,20,22,24H,9,12H2,1-2H3. The summed E-state index contributed by atoms with van der Waals surface area (Å²) in [6, 6.07) is 15.6. The summed E-state index contributed by atoms with van der Waals surface area (Å²) in [7, 11) is 0. The third kappa shape index (κ3) is 3.41. The van der Waals surface area contributed by atoms with E-state index in [1.807, 2.05) is 32.0 Å². The molecule has 4 rings (SSSR count). The van der Waals surface area contributed by atoms with Crippen LogP contribution in [0, 0.1) is 11.7 Å². The molecular formula is C22H23FO2S. The van der Waals surface area contributed by atoms with Crippen molar-refractivity contribution in [3.63, 3.8) is 0 Å². The van der Waals surface area contributed by atoms with Gasteiger partial charge in [-0.25, -0.2) is 4.39 Å². The molecule has 2 aromatic carbocycles. The second kappa shape index (κ2) is 7.10. The molecule has 1 fully saturated rings. The Kier molecular flexibility index (Phi) is 4.82. The molecule has 3 aromatic rings. The zero-order valence-electron chi connectivity index (χ0n) is 15.0. The van der Waals surface area contributed by atoms with Crippen molar-refractivity contribution in [2.75, 3.05) is 0 Å². The van der Waals surface area contributed by atoms with Crippen LogP contribution in [0.4, 0.5) is 4.39 Å². The first-order chi connectivity index (χ1) is 12.5. The molecule has 1 aliphatic rings. The van der Waals surface area contributed by atoms with Crippen LogP contribution in [0.25, 0.3) is 10.1 Å². The highest BCUT2D eigenvalue weighted by molar-refractivity contribution is 7.19.